The molecule has 1 aliphatic heterocycles. The molecule has 1 fully saturated rings. The minimum Gasteiger partial charge on any atom is -0.462 e. The second-order valence-corrected chi connectivity index (χ2v) is 6.84. The van der Waals surface area contributed by atoms with Gasteiger partial charge in [0.2, 0.25) is 0 Å². The highest BCUT2D eigenvalue weighted by atomic mass is 19.1. The van der Waals surface area contributed by atoms with Crippen molar-refractivity contribution in [3.8, 4) is 0 Å². The van der Waals surface area contributed by atoms with E-state index in [-0.39, 0.29) is 12.0 Å². The van der Waals surface area contributed by atoms with Crippen LogP contribution in [0.1, 0.15) is 42.2 Å². The van der Waals surface area contributed by atoms with Gasteiger partial charge in [0.1, 0.15) is 17.5 Å². The van der Waals surface area contributed by atoms with E-state index in [0.29, 0.717) is 17.7 Å². The Kier molecular flexibility index (Phi) is 6.57. The number of halogens is 2. The largest absolute Gasteiger partial charge is 0.462 e. The zero-order valence-electron chi connectivity index (χ0n) is 16.2. The van der Waals surface area contributed by atoms with Crippen molar-refractivity contribution < 1.29 is 18.3 Å². The number of carbonyl (C=O) groups is 1. The number of ether oxygens (including phenoxy) is 1. The molecular weight excluding hydrogens is 364 g/mol. The standard InChI is InChI=1S/C21H25F2N3O2/c1-3-28-21(27)16-5-8-20(24-14-16)26-10-4-9-25(11-12-26)15(2)18-7-6-17(22)13-19(18)23/h5-8,13-15H,3-4,9-12H2,1-2H3. The molecule has 1 aromatic heterocycles. The van der Waals surface area contributed by atoms with Crippen LogP contribution in [0.2, 0.25) is 0 Å². The summed E-state index contributed by atoms with van der Waals surface area (Å²) in [5.74, 6) is -0.646. The minimum absolute atomic E-state index is 0.139. The van der Waals surface area contributed by atoms with E-state index >= 15 is 0 Å². The molecule has 0 spiro atoms. The van der Waals surface area contributed by atoms with Crippen LogP contribution in [0.5, 0.6) is 0 Å². The number of anilines is 1. The van der Waals surface area contributed by atoms with Crippen molar-refractivity contribution >= 4 is 11.8 Å². The Morgan fingerprint density at radius 2 is 2.00 bits per heavy atom. The molecule has 0 radical (unpaired) electrons. The number of esters is 1. The van der Waals surface area contributed by atoms with Gasteiger partial charge in [-0.05, 0) is 38.5 Å². The lowest BCUT2D eigenvalue weighted by molar-refractivity contribution is 0.0526. The molecule has 0 saturated carbocycles. The zero-order valence-corrected chi connectivity index (χ0v) is 16.2. The molecule has 3 rings (SSSR count). The molecule has 1 unspecified atom stereocenters. The molecule has 0 bridgehead atoms. The van der Waals surface area contributed by atoms with Crippen LogP contribution >= 0.6 is 0 Å². The van der Waals surface area contributed by atoms with E-state index in [2.05, 4.69) is 14.8 Å². The van der Waals surface area contributed by atoms with Gasteiger partial charge in [-0.1, -0.05) is 6.07 Å². The Balaban J connectivity index is 1.65. The summed E-state index contributed by atoms with van der Waals surface area (Å²) in [6, 6.07) is 7.16. The third-order valence-electron chi connectivity index (χ3n) is 5.07. The number of hydrogen-bond acceptors (Lipinski definition) is 5. The maximum atomic E-state index is 14.1. The van der Waals surface area contributed by atoms with Gasteiger partial charge in [-0.25, -0.2) is 18.6 Å². The molecule has 0 aliphatic carbocycles. The van der Waals surface area contributed by atoms with Gasteiger partial charge in [0.25, 0.3) is 0 Å². The highest BCUT2D eigenvalue weighted by molar-refractivity contribution is 5.89. The number of carbonyl (C=O) groups excluding carboxylic acids is 1. The Bertz CT molecular complexity index is 814. The van der Waals surface area contributed by atoms with Gasteiger partial charge in [-0.3, -0.25) is 4.90 Å². The second kappa shape index (κ2) is 9.10. The maximum absolute atomic E-state index is 14.1. The van der Waals surface area contributed by atoms with Crippen LogP contribution in [-0.4, -0.2) is 48.6 Å². The van der Waals surface area contributed by atoms with E-state index in [1.165, 1.54) is 18.3 Å². The molecular formula is C21H25F2N3O2. The van der Waals surface area contributed by atoms with Crippen molar-refractivity contribution in [3.05, 3.63) is 59.3 Å². The van der Waals surface area contributed by atoms with Gasteiger partial charge in [-0.15, -0.1) is 0 Å². The molecule has 28 heavy (non-hydrogen) atoms. The normalized spacial score (nSPS) is 16.5. The maximum Gasteiger partial charge on any atom is 0.339 e. The molecule has 5 nitrogen and oxygen atoms in total. The quantitative estimate of drug-likeness (QED) is 0.728. The Morgan fingerprint density at radius 1 is 1.18 bits per heavy atom. The summed E-state index contributed by atoms with van der Waals surface area (Å²) in [6.45, 7) is 7.14. The number of nitrogens with zero attached hydrogens (tertiary/aromatic N) is 3. The van der Waals surface area contributed by atoms with Gasteiger partial charge in [-0.2, -0.15) is 0 Å². The Labute approximate surface area is 163 Å². The SMILES string of the molecule is CCOC(=O)c1ccc(N2CCCN(C(C)c3ccc(F)cc3F)CC2)nc1. The summed E-state index contributed by atoms with van der Waals surface area (Å²) in [5.41, 5.74) is 0.939. The summed E-state index contributed by atoms with van der Waals surface area (Å²) in [6.07, 6.45) is 2.43. The fraction of sp³-hybridized carbons (Fsp3) is 0.429. The van der Waals surface area contributed by atoms with Crippen LogP contribution in [0.15, 0.2) is 36.5 Å². The molecule has 1 aliphatic rings. The van der Waals surface area contributed by atoms with Crippen LogP contribution in [0.3, 0.4) is 0 Å². The van der Waals surface area contributed by atoms with Crippen molar-refractivity contribution in [2.45, 2.75) is 26.3 Å². The van der Waals surface area contributed by atoms with Crippen LogP contribution in [0, 0.1) is 11.6 Å². The Hall–Kier alpha value is -2.54. The lowest BCUT2D eigenvalue weighted by Crippen LogP contribution is -2.33. The predicted octanol–water partition coefficient (Wildman–Crippen LogP) is 3.81. The monoisotopic (exact) mass is 389 g/mol. The van der Waals surface area contributed by atoms with Crippen molar-refractivity contribution in [2.75, 3.05) is 37.7 Å². The number of pyridine rings is 1. The van der Waals surface area contributed by atoms with E-state index in [1.54, 1.807) is 13.0 Å². The first-order valence-electron chi connectivity index (χ1n) is 9.56. The van der Waals surface area contributed by atoms with Gasteiger partial charge >= 0.3 is 5.97 Å². The van der Waals surface area contributed by atoms with Gasteiger partial charge < -0.3 is 9.64 Å². The fourth-order valence-corrected chi connectivity index (χ4v) is 3.50. The first-order valence-corrected chi connectivity index (χ1v) is 9.56. The smallest absolute Gasteiger partial charge is 0.339 e. The van der Waals surface area contributed by atoms with Crippen molar-refractivity contribution in [1.82, 2.24) is 9.88 Å². The molecule has 1 atom stereocenters. The number of rotatable bonds is 5. The summed E-state index contributed by atoms with van der Waals surface area (Å²) in [5, 5.41) is 0. The van der Waals surface area contributed by atoms with Gasteiger partial charge in [0, 0.05) is 50.0 Å². The number of aromatic nitrogens is 1. The highest BCUT2D eigenvalue weighted by Gasteiger charge is 2.23. The summed E-state index contributed by atoms with van der Waals surface area (Å²) >= 11 is 0. The molecule has 0 N–H and O–H groups in total. The third kappa shape index (κ3) is 4.65. The summed E-state index contributed by atoms with van der Waals surface area (Å²) < 4.78 is 32.3. The van der Waals surface area contributed by atoms with E-state index in [4.69, 9.17) is 4.74 Å². The van der Waals surface area contributed by atoms with Crippen LogP contribution < -0.4 is 4.90 Å². The first kappa shape index (κ1) is 20.2. The lowest BCUT2D eigenvalue weighted by atomic mass is 10.1. The van der Waals surface area contributed by atoms with Crippen molar-refractivity contribution in [3.63, 3.8) is 0 Å². The molecule has 2 heterocycles. The van der Waals surface area contributed by atoms with Crippen molar-refractivity contribution in [1.29, 1.82) is 0 Å². The van der Waals surface area contributed by atoms with Gasteiger partial charge in [0.15, 0.2) is 0 Å². The topological polar surface area (TPSA) is 45.7 Å². The highest BCUT2D eigenvalue weighted by Crippen LogP contribution is 2.25. The van der Waals surface area contributed by atoms with E-state index in [0.717, 1.165) is 44.5 Å². The minimum atomic E-state index is -0.562. The molecule has 1 saturated heterocycles. The average molecular weight is 389 g/mol. The van der Waals surface area contributed by atoms with Crippen LogP contribution in [-0.2, 0) is 4.74 Å². The lowest BCUT2D eigenvalue weighted by Gasteiger charge is -2.28. The predicted molar refractivity (Wildman–Crippen MR) is 103 cm³/mol. The van der Waals surface area contributed by atoms with Gasteiger partial charge in [0.05, 0.1) is 12.2 Å². The molecule has 1 aromatic carbocycles. The van der Waals surface area contributed by atoms with Crippen LogP contribution in [0.25, 0.3) is 0 Å². The fourth-order valence-electron chi connectivity index (χ4n) is 3.50. The number of benzene rings is 1. The first-order chi connectivity index (χ1) is 13.5. The van der Waals surface area contributed by atoms with Crippen molar-refractivity contribution in [2.24, 2.45) is 0 Å². The summed E-state index contributed by atoms with van der Waals surface area (Å²) in [7, 11) is 0. The van der Waals surface area contributed by atoms with Crippen LogP contribution in [0.4, 0.5) is 14.6 Å². The number of hydrogen-bond donors (Lipinski definition) is 0. The average Bonchev–Trinajstić information content (AvgIpc) is 2.94. The molecule has 150 valence electrons. The van der Waals surface area contributed by atoms with E-state index < -0.39 is 11.6 Å². The zero-order chi connectivity index (χ0) is 20.1. The third-order valence-corrected chi connectivity index (χ3v) is 5.07. The van der Waals surface area contributed by atoms with E-state index in [1.807, 2.05) is 13.0 Å². The van der Waals surface area contributed by atoms with E-state index in [9.17, 15) is 13.6 Å². The molecule has 2 aromatic rings. The second-order valence-electron chi connectivity index (χ2n) is 6.84. The summed E-state index contributed by atoms with van der Waals surface area (Å²) in [4.78, 5) is 20.5. The molecule has 7 heteroatoms. The molecule has 0 amide bonds. The Morgan fingerprint density at radius 3 is 2.68 bits per heavy atom.